The van der Waals surface area contributed by atoms with Gasteiger partial charge in [0.25, 0.3) is 5.91 Å². The van der Waals surface area contributed by atoms with Crippen LogP contribution < -0.4 is 16.0 Å². The van der Waals surface area contributed by atoms with E-state index in [-0.39, 0.29) is 54.5 Å². The number of alkyl carbamates (subject to hydrolysis) is 1. The first-order valence-corrected chi connectivity index (χ1v) is 16.2. The summed E-state index contributed by atoms with van der Waals surface area (Å²) in [6, 6.07) is -2.72. The summed E-state index contributed by atoms with van der Waals surface area (Å²) in [7, 11) is 1.42. The molecule has 2 saturated heterocycles. The lowest BCUT2D eigenvalue weighted by Gasteiger charge is -2.36. The maximum Gasteiger partial charge on any atom is 0.408 e. The third kappa shape index (κ3) is 8.66. The lowest BCUT2D eigenvalue weighted by atomic mass is 9.85. The largest absolute Gasteiger partial charge is 0.461 e. The first-order chi connectivity index (χ1) is 21.8. The molecule has 4 rings (SSSR count). The summed E-state index contributed by atoms with van der Waals surface area (Å²) in [4.78, 5) is 74.0. The van der Waals surface area contributed by atoms with Crippen LogP contribution in [-0.2, 0) is 43.0 Å². The summed E-state index contributed by atoms with van der Waals surface area (Å²) in [5, 5.41) is 12.6. The number of oxime groups is 1. The van der Waals surface area contributed by atoms with E-state index in [0.717, 1.165) is 12.8 Å². The van der Waals surface area contributed by atoms with Crippen molar-refractivity contribution in [3.8, 4) is 0 Å². The van der Waals surface area contributed by atoms with E-state index in [2.05, 4.69) is 21.1 Å². The van der Waals surface area contributed by atoms with Crippen LogP contribution in [0.2, 0.25) is 0 Å². The second kappa shape index (κ2) is 15.0. The highest BCUT2D eigenvalue weighted by molar-refractivity contribution is 6.36. The molecule has 0 radical (unpaired) electrons. The number of carbonyl (C=O) groups excluding carboxylic acids is 5. The zero-order valence-electron chi connectivity index (χ0n) is 27.7. The highest BCUT2D eigenvalue weighted by Gasteiger charge is 2.56. The van der Waals surface area contributed by atoms with Gasteiger partial charge in [-0.25, -0.2) is 9.59 Å². The standard InChI is InChI=1S/C31H49N5O10.3H2/c1-7-9-20(23(42-6)26(38)32-18-10-11-18)33-25(37)22-15-31(14-21(35-46-31)28(40)44-8-2)17-36(22)27(39)24(30(3,4)5)34-29(41)45-19-12-13-43-16-19;;;/h18-20,22-24H,7-17H2,1-6H3,(H,32,38)(H,33,37)(H,34,41);3*1H/t19-,20-,22-,23?,24+,31+;;;/m0.../s1. The lowest BCUT2D eigenvalue weighted by Crippen LogP contribution is -2.60. The molecule has 3 heterocycles. The van der Waals surface area contributed by atoms with Gasteiger partial charge < -0.3 is 44.6 Å². The van der Waals surface area contributed by atoms with Gasteiger partial charge in [-0.15, -0.1) is 0 Å². The van der Waals surface area contributed by atoms with Gasteiger partial charge in [0.2, 0.25) is 11.8 Å². The van der Waals surface area contributed by atoms with E-state index in [9.17, 15) is 24.0 Å². The predicted molar refractivity (Wildman–Crippen MR) is 170 cm³/mol. The Kier molecular flexibility index (Phi) is 11.5. The number of ether oxygens (including phenoxy) is 4. The number of nitrogens with zero attached hydrogens (tertiary/aromatic N) is 2. The summed E-state index contributed by atoms with van der Waals surface area (Å²) in [5.74, 6) is -1.99. The van der Waals surface area contributed by atoms with Crippen molar-refractivity contribution >= 4 is 35.5 Å². The zero-order valence-corrected chi connectivity index (χ0v) is 27.7. The van der Waals surface area contributed by atoms with Crippen molar-refractivity contribution in [2.45, 2.75) is 122 Å². The van der Waals surface area contributed by atoms with Gasteiger partial charge in [0, 0.05) is 36.7 Å². The normalized spacial score (nSPS) is 26.0. The van der Waals surface area contributed by atoms with E-state index in [1.165, 1.54) is 12.0 Å². The Morgan fingerprint density at radius 3 is 2.46 bits per heavy atom. The fourth-order valence-corrected chi connectivity index (χ4v) is 6.03. The number of amides is 4. The molecule has 3 fully saturated rings. The van der Waals surface area contributed by atoms with Gasteiger partial charge in [-0.2, -0.15) is 0 Å². The van der Waals surface area contributed by atoms with Crippen LogP contribution in [0, 0.1) is 5.41 Å². The highest BCUT2D eigenvalue weighted by Crippen LogP contribution is 2.39. The molecule has 1 aliphatic carbocycles. The SMILES string of the molecule is CCC[C@H](NC(=O)[C@@H]1C[C@]2(CC(C(=O)OCC)=NO2)CN1C(=O)[C@@H](NC(=O)O[C@H]1CCOC1)C(C)(C)C)C(OC)C(=O)NC1CC1.[HH].[HH].[HH]. The van der Waals surface area contributed by atoms with Crippen LogP contribution in [-0.4, -0.2) is 116 Å². The minimum absolute atomic E-state index is 0. The van der Waals surface area contributed by atoms with Gasteiger partial charge in [0.15, 0.2) is 17.4 Å². The fourth-order valence-electron chi connectivity index (χ4n) is 6.03. The van der Waals surface area contributed by atoms with Crippen molar-refractivity contribution in [3.63, 3.8) is 0 Å². The number of carbonyl (C=O) groups is 5. The molecule has 46 heavy (non-hydrogen) atoms. The molecule has 0 bridgehead atoms. The van der Waals surface area contributed by atoms with Crippen LogP contribution in [0.4, 0.5) is 4.79 Å². The monoisotopic (exact) mass is 657 g/mol. The van der Waals surface area contributed by atoms with Crippen LogP contribution >= 0.6 is 0 Å². The summed E-state index contributed by atoms with van der Waals surface area (Å²) < 4.78 is 21.4. The van der Waals surface area contributed by atoms with Gasteiger partial charge in [-0.05, 0) is 31.6 Å². The first-order valence-electron chi connectivity index (χ1n) is 16.2. The van der Waals surface area contributed by atoms with Crippen molar-refractivity contribution in [1.29, 1.82) is 0 Å². The summed E-state index contributed by atoms with van der Waals surface area (Å²) in [6.07, 6.45) is 1.37. The van der Waals surface area contributed by atoms with Crippen molar-refractivity contribution in [2.75, 3.05) is 33.5 Å². The van der Waals surface area contributed by atoms with Crippen molar-refractivity contribution in [3.05, 3.63) is 0 Å². The molecule has 6 atom stereocenters. The number of likely N-dealkylation sites (tertiary alicyclic amines) is 1. The average Bonchev–Trinajstić information content (AvgIpc) is 3.34. The maximum absolute atomic E-state index is 14.4. The van der Waals surface area contributed by atoms with E-state index in [0.29, 0.717) is 25.9 Å². The first kappa shape index (κ1) is 35.4. The van der Waals surface area contributed by atoms with Gasteiger partial charge in [0.05, 0.1) is 32.4 Å². The van der Waals surface area contributed by atoms with Crippen molar-refractivity contribution < 1.29 is 52.0 Å². The van der Waals surface area contributed by atoms with Crippen molar-refractivity contribution in [1.82, 2.24) is 20.9 Å². The van der Waals surface area contributed by atoms with Gasteiger partial charge in [-0.1, -0.05) is 39.3 Å². The molecule has 3 aliphatic heterocycles. The average molecular weight is 658 g/mol. The molecular weight excluding hydrogens is 602 g/mol. The van der Waals surface area contributed by atoms with Gasteiger partial charge >= 0.3 is 12.1 Å². The van der Waals surface area contributed by atoms with Crippen molar-refractivity contribution in [2.24, 2.45) is 10.6 Å². The number of esters is 1. The fraction of sp³-hybridized carbons (Fsp3) is 0.806. The van der Waals surface area contributed by atoms with E-state index in [1.54, 1.807) is 27.7 Å². The number of hydrogen-bond acceptors (Lipinski definition) is 11. The summed E-state index contributed by atoms with van der Waals surface area (Å²) >= 11 is 0. The van der Waals surface area contributed by atoms with E-state index in [1.807, 2.05) is 6.92 Å². The molecule has 15 nitrogen and oxygen atoms in total. The molecule has 264 valence electrons. The zero-order chi connectivity index (χ0) is 33.6. The molecule has 0 aromatic heterocycles. The third-order valence-electron chi connectivity index (χ3n) is 8.60. The smallest absolute Gasteiger partial charge is 0.408 e. The molecule has 1 spiro atoms. The van der Waals surface area contributed by atoms with Crippen LogP contribution in [0.15, 0.2) is 5.16 Å². The Labute approximate surface area is 274 Å². The minimum atomic E-state index is -1.17. The van der Waals surface area contributed by atoms with E-state index >= 15 is 0 Å². The Bertz CT molecular complexity index is 1190. The van der Waals surface area contributed by atoms with Crippen LogP contribution in [0.3, 0.4) is 0 Å². The Morgan fingerprint density at radius 2 is 1.87 bits per heavy atom. The Morgan fingerprint density at radius 1 is 1.13 bits per heavy atom. The number of rotatable bonds is 13. The molecule has 0 aromatic carbocycles. The summed E-state index contributed by atoms with van der Waals surface area (Å²) in [6.45, 7) is 9.82. The molecule has 0 aromatic rings. The quantitative estimate of drug-likeness (QED) is 0.247. The van der Waals surface area contributed by atoms with Crippen LogP contribution in [0.1, 0.15) is 83.8 Å². The van der Waals surface area contributed by atoms with E-state index < -0.39 is 65.2 Å². The second-order valence-electron chi connectivity index (χ2n) is 13.6. The Balaban J connectivity index is 0.00000400. The molecule has 4 amide bonds. The molecule has 4 aliphatic rings. The van der Waals surface area contributed by atoms with Gasteiger partial charge in [-0.3, -0.25) is 14.4 Å². The molecule has 3 N–H and O–H groups in total. The molecule has 1 unspecified atom stereocenters. The molecular formula is C31H55N5O10. The minimum Gasteiger partial charge on any atom is -0.461 e. The van der Waals surface area contributed by atoms with Crippen LogP contribution in [0.25, 0.3) is 0 Å². The number of hydrogen-bond donors (Lipinski definition) is 3. The van der Waals surface area contributed by atoms with Crippen LogP contribution in [0.5, 0.6) is 0 Å². The number of nitrogens with one attached hydrogen (secondary N) is 3. The topological polar surface area (TPSA) is 183 Å². The maximum atomic E-state index is 14.4. The molecule has 15 heteroatoms. The molecule has 1 saturated carbocycles. The lowest BCUT2D eigenvalue weighted by molar-refractivity contribution is -0.143. The summed E-state index contributed by atoms with van der Waals surface area (Å²) in [5.41, 5.74) is -1.90. The highest BCUT2D eigenvalue weighted by atomic mass is 16.7. The second-order valence-corrected chi connectivity index (χ2v) is 13.6. The third-order valence-corrected chi connectivity index (χ3v) is 8.60. The van der Waals surface area contributed by atoms with Gasteiger partial charge in [0.1, 0.15) is 18.2 Å². The number of methoxy groups -OCH3 is 1. The van der Waals surface area contributed by atoms with E-state index in [4.69, 9.17) is 23.8 Å². The Hall–Kier alpha value is -3.46. The predicted octanol–water partition coefficient (Wildman–Crippen LogP) is 1.91.